The van der Waals surface area contributed by atoms with E-state index in [4.69, 9.17) is 20.9 Å². The number of rotatable bonds is 8. The summed E-state index contributed by atoms with van der Waals surface area (Å²) in [5.74, 6) is -0.557. The molecular weight excluding hydrogens is 372 g/mol. The number of aliphatic hydroxyl groups is 2. The van der Waals surface area contributed by atoms with Crippen LogP contribution in [0.2, 0.25) is 0 Å². The van der Waals surface area contributed by atoms with E-state index in [1.165, 1.54) is 26.4 Å². The van der Waals surface area contributed by atoms with Crippen LogP contribution in [-0.2, 0) is 9.84 Å². The van der Waals surface area contributed by atoms with Crippen LogP contribution < -0.4 is 20.9 Å². The lowest BCUT2D eigenvalue weighted by Gasteiger charge is -2.18. The largest absolute Gasteiger partial charge is 0.496 e. The van der Waals surface area contributed by atoms with Gasteiger partial charge in [0.25, 0.3) is 0 Å². The van der Waals surface area contributed by atoms with E-state index in [2.05, 4.69) is 0 Å². The third-order valence-corrected chi connectivity index (χ3v) is 5.70. The molecule has 0 fully saturated rings. The number of aliphatic hydroxyl groups excluding tert-OH is 2. The van der Waals surface area contributed by atoms with E-state index in [9.17, 15) is 18.6 Å². The standard InChI is InChI=1S/C18H24N2O6S/c1-25-17-5-3-11(19)7-13(17)15(21)9-27(23,24)10-16(22)14-8-12(20)4-6-18(14)26-2/h3-8,15-16,21-22H,9-10,19-20H2,1-2H3. The number of nitrogens with two attached hydrogens (primary N) is 2. The summed E-state index contributed by atoms with van der Waals surface area (Å²) in [5.41, 5.74) is 12.7. The second-order valence-electron chi connectivity index (χ2n) is 6.11. The molecule has 0 aliphatic carbocycles. The minimum absolute atomic E-state index is 0.261. The Morgan fingerprint density at radius 1 is 0.852 bits per heavy atom. The number of ether oxygens (including phenoxy) is 2. The summed E-state index contributed by atoms with van der Waals surface area (Å²) in [6.45, 7) is 0. The zero-order valence-electron chi connectivity index (χ0n) is 15.1. The van der Waals surface area contributed by atoms with Gasteiger partial charge in [-0.1, -0.05) is 0 Å². The Morgan fingerprint density at radius 2 is 1.22 bits per heavy atom. The fourth-order valence-corrected chi connectivity index (χ4v) is 4.21. The first kappa shape index (κ1) is 20.8. The Morgan fingerprint density at radius 3 is 1.56 bits per heavy atom. The average Bonchev–Trinajstić information content (AvgIpc) is 2.60. The van der Waals surface area contributed by atoms with Crippen molar-refractivity contribution in [2.24, 2.45) is 0 Å². The van der Waals surface area contributed by atoms with Crippen molar-refractivity contribution in [3.63, 3.8) is 0 Å². The second-order valence-corrected chi connectivity index (χ2v) is 8.27. The van der Waals surface area contributed by atoms with Crippen LogP contribution in [0.5, 0.6) is 11.5 Å². The molecule has 2 aromatic carbocycles. The van der Waals surface area contributed by atoms with Crippen molar-refractivity contribution >= 4 is 21.2 Å². The van der Waals surface area contributed by atoms with Gasteiger partial charge in [-0.3, -0.25) is 0 Å². The fraction of sp³-hybridized carbons (Fsp3) is 0.333. The van der Waals surface area contributed by atoms with E-state index >= 15 is 0 Å². The monoisotopic (exact) mass is 396 g/mol. The van der Waals surface area contributed by atoms with Crippen LogP contribution in [0.25, 0.3) is 0 Å². The summed E-state index contributed by atoms with van der Waals surface area (Å²) in [6, 6.07) is 9.17. The van der Waals surface area contributed by atoms with E-state index in [1.54, 1.807) is 24.3 Å². The normalized spacial score (nSPS) is 13.8. The smallest absolute Gasteiger partial charge is 0.156 e. The van der Waals surface area contributed by atoms with Crippen molar-refractivity contribution in [3.05, 3.63) is 47.5 Å². The Labute approximate surface area is 158 Å². The molecular formula is C18H24N2O6S. The zero-order chi connectivity index (χ0) is 20.2. The molecule has 2 atom stereocenters. The lowest BCUT2D eigenvalue weighted by molar-refractivity contribution is 0.189. The summed E-state index contributed by atoms with van der Waals surface area (Å²) >= 11 is 0. The number of nitrogen functional groups attached to an aromatic ring is 2. The van der Waals surface area contributed by atoms with E-state index < -0.39 is 33.6 Å². The highest BCUT2D eigenvalue weighted by Gasteiger charge is 2.26. The Kier molecular flexibility index (Phi) is 6.53. The van der Waals surface area contributed by atoms with E-state index in [0.717, 1.165) is 0 Å². The van der Waals surface area contributed by atoms with Crippen molar-refractivity contribution < 1.29 is 28.1 Å². The van der Waals surface area contributed by atoms with Gasteiger partial charge in [-0.25, -0.2) is 8.42 Å². The molecule has 0 heterocycles. The number of benzene rings is 2. The molecule has 8 nitrogen and oxygen atoms in total. The SMILES string of the molecule is COc1ccc(N)cc1C(O)CS(=O)(=O)CC(O)c1cc(N)ccc1OC. The third-order valence-electron chi connectivity index (χ3n) is 4.05. The van der Waals surface area contributed by atoms with Crippen LogP contribution >= 0.6 is 0 Å². The summed E-state index contributed by atoms with van der Waals surface area (Å²) in [4.78, 5) is 0. The predicted octanol–water partition coefficient (Wildman–Crippen LogP) is 1.05. The number of hydrogen-bond donors (Lipinski definition) is 4. The van der Waals surface area contributed by atoms with Crippen LogP contribution in [0.3, 0.4) is 0 Å². The summed E-state index contributed by atoms with van der Waals surface area (Å²) in [5, 5.41) is 20.8. The number of sulfone groups is 1. The number of methoxy groups -OCH3 is 2. The molecule has 2 rings (SSSR count). The van der Waals surface area contributed by atoms with Crippen molar-refractivity contribution in [1.82, 2.24) is 0 Å². The lowest BCUT2D eigenvalue weighted by atomic mass is 10.1. The summed E-state index contributed by atoms with van der Waals surface area (Å²) in [6.07, 6.45) is -2.72. The van der Waals surface area contributed by atoms with Gasteiger partial charge >= 0.3 is 0 Å². The summed E-state index contributed by atoms with van der Waals surface area (Å²) in [7, 11) is -1.03. The van der Waals surface area contributed by atoms with Crippen LogP contribution in [0.1, 0.15) is 23.3 Å². The van der Waals surface area contributed by atoms with Gasteiger partial charge in [0, 0.05) is 22.5 Å². The Balaban J connectivity index is 2.20. The molecule has 0 amide bonds. The van der Waals surface area contributed by atoms with Gasteiger partial charge in [0.15, 0.2) is 9.84 Å². The van der Waals surface area contributed by atoms with Crippen LogP contribution in [0, 0.1) is 0 Å². The fourth-order valence-electron chi connectivity index (χ4n) is 2.76. The molecule has 27 heavy (non-hydrogen) atoms. The second kappa shape index (κ2) is 8.47. The molecule has 6 N–H and O–H groups in total. The minimum atomic E-state index is -3.84. The molecule has 2 unspecified atom stereocenters. The maximum absolute atomic E-state index is 12.5. The Hall–Kier alpha value is -2.49. The molecule has 0 aliphatic rings. The zero-order valence-corrected chi connectivity index (χ0v) is 15.9. The molecule has 0 saturated heterocycles. The lowest BCUT2D eigenvalue weighted by Crippen LogP contribution is -2.22. The van der Waals surface area contributed by atoms with Gasteiger partial charge in [0.05, 0.1) is 37.9 Å². The first-order valence-corrected chi connectivity index (χ1v) is 9.92. The first-order chi connectivity index (χ1) is 12.7. The van der Waals surface area contributed by atoms with Gasteiger partial charge in [-0.2, -0.15) is 0 Å². The highest BCUT2D eigenvalue weighted by Crippen LogP contribution is 2.31. The number of anilines is 2. The van der Waals surface area contributed by atoms with E-state index in [0.29, 0.717) is 22.9 Å². The quantitative estimate of drug-likeness (QED) is 0.485. The third kappa shape index (κ3) is 5.25. The van der Waals surface area contributed by atoms with Gasteiger partial charge in [-0.15, -0.1) is 0 Å². The van der Waals surface area contributed by atoms with Gasteiger partial charge in [0.2, 0.25) is 0 Å². The topological polar surface area (TPSA) is 145 Å². The molecule has 0 bridgehead atoms. The highest BCUT2D eigenvalue weighted by molar-refractivity contribution is 7.91. The molecule has 0 aliphatic heterocycles. The molecule has 0 spiro atoms. The van der Waals surface area contributed by atoms with Crippen molar-refractivity contribution in [3.8, 4) is 11.5 Å². The number of hydrogen-bond acceptors (Lipinski definition) is 8. The molecule has 148 valence electrons. The van der Waals surface area contributed by atoms with Crippen LogP contribution in [0.15, 0.2) is 36.4 Å². The molecule has 2 aromatic rings. The minimum Gasteiger partial charge on any atom is -0.496 e. The maximum atomic E-state index is 12.5. The molecule has 0 radical (unpaired) electrons. The van der Waals surface area contributed by atoms with Crippen LogP contribution in [-0.4, -0.2) is 44.4 Å². The molecule has 0 saturated carbocycles. The average molecular weight is 396 g/mol. The summed E-state index contributed by atoms with van der Waals surface area (Å²) < 4.78 is 35.3. The molecule has 0 aromatic heterocycles. The predicted molar refractivity (Wildman–Crippen MR) is 103 cm³/mol. The van der Waals surface area contributed by atoms with Crippen molar-refractivity contribution in [2.75, 3.05) is 37.2 Å². The van der Waals surface area contributed by atoms with E-state index in [-0.39, 0.29) is 11.1 Å². The van der Waals surface area contributed by atoms with Crippen molar-refractivity contribution in [2.45, 2.75) is 12.2 Å². The Bertz CT molecular complexity index is 833. The van der Waals surface area contributed by atoms with Crippen LogP contribution in [0.4, 0.5) is 11.4 Å². The highest BCUT2D eigenvalue weighted by atomic mass is 32.2. The van der Waals surface area contributed by atoms with E-state index in [1.807, 2.05) is 0 Å². The maximum Gasteiger partial charge on any atom is 0.156 e. The van der Waals surface area contributed by atoms with Crippen molar-refractivity contribution in [1.29, 1.82) is 0 Å². The molecule has 9 heteroatoms. The van der Waals surface area contributed by atoms with Gasteiger partial charge in [0.1, 0.15) is 11.5 Å². The van der Waals surface area contributed by atoms with Gasteiger partial charge in [-0.05, 0) is 36.4 Å². The van der Waals surface area contributed by atoms with Gasteiger partial charge < -0.3 is 31.2 Å². The first-order valence-electron chi connectivity index (χ1n) is 8.10.